The Labute approximate surface area is 282 Å². The molecule has 2 aromatic rings. The van der Waals surface area contributed by atoms with Crippen LogP contribution >= 0.6 is 0 Å². The summed E-state index contributed by atoms with van der Waals surface area (Å²) in [6, 6.07) is 12.6. The molecule has 2 aromatic carbocycles. The number of carbonyl (C=O) groups is 1. The molecule has 2 rings (SSSR count). The number of carboxylic acid groups (broad SMARTS) is 1. The number of aliphatic hydroxyl groups excluding tert-OH is 1. The van der Waals surface area contributed by atoms with E-state index in [-0.39, 0.29) is 17.3 Å². The molecule has 5 heteroatoms. The molecule has 0 bridgehead atoms. The fourth-order valence-electron chi connectivity index (χ4n) is 5.32. The molecule has 0 radical (unpaired) electrons. The van der Waals surface area contributed by atoms with Crippen molar-refractivity contribution in [2.24, 2.45) is 0 Å². The lowest BCUT2D eigenvalue weighted by Gasteiger charge is -2.28. The van der Waals surface area contributed by atoms with Gasteiger partial charge in [0.1, 0.15) is 11.5 Å². The fraction of sp³-hybridized carbons (Fsp3) is 0.683. The number of aromatic hydroxyl groups is 2. The van der Waals surface area contributed by atoms with E-state index in [9.17, 15) is 9.90 Å². The van der Waals surface area contributed by atoms with E-state index in [0.717, 1.165) is 23.1 Å². The van der Waals surface area contributed by atoms with Crippen LogP contribution in [0.1, 0.15) is 174 Å². The number of rotatable bonds is 19. The molecule has 4 N–H and O–H groups in total. The van der Waals surface area contributed by atoms with E-state index in [1.165, 1.54) is 96.3 Å². The lowest BCUT2D eigenvalue weighted by molar-refractivity contribution is -0.136. The maximum absolute atomic E-state index is 10.8. The first-order valence-electron chi connectivity index (χ1n) is 18.2. The second kappa shape index (κ2) is 25.5. The highest BCUT2D eigenvalue weighted by molar-refractivity contribution is 5.67. The normalized spacial score (nSPS) is 11.3. The third-order valence-corrected chi connectivity index (χ3v) is 8.18. The molecule has 0 aliphatic rings. The molecule has 0 amide bonds. The van der Waals surface area contributed by atoms with E-state index in [4.69, 9.17) is 15.3 Å². The Balaban J connectivity index is 0.000000727. The number of para-hydroxylation sites is 1. The molecule has 0 saturated heterocycles. The highest BCUT2D eigenvalue weighted by atomic mass is 16.4. The van der Waals surface area contributed by atoms with Gasteiger partial charge < -0.3 is 20.4 Å². The largest absolute Gasteiger partial charge is 0.508 e. The second-order valence-electron chi connectivity index (χ2n) is 14.8. The van der Waals surface area contributed by atoms with Crippen LogP contribution in [0.15, 0.2) is 42.5 Å². The standard InChI is InChI=1S/C18H38O.C17H26O3.C6H6O/c1-2-3-4-5-6-7-8-9-10-11-12-13-14-15-16-17-18-19;1-16(2,3)12-9-11(7-8-14(18)19)10-13(15(12)20)17(4,5)6;7-6-4-2-1-3-5-6/h19H,2-18H2,1H3;9-10,20H,7-8H2,1-6H3,(H,18,19);1-5,7H. The van der Waals surface area contributed by atoms with Crippen LogP contribution in [0.5, 0.6) is 11.5 Å². The van der Waals surface area contributed by atoms with Gasteiger partial charge in [0.25, 0.3) is 0 Å². The van der Waals surface area contributed by atoms with Crippen molar-refractivity contribution in [3.05, 3.63) is 59.2 Å². The van der Waals surface area contributed by atoms with Crippen LogP contribution in [-0.2, 0) is 22.0 Å². The molecular weight excluding hydrogens is 572 g/mol. The monoisotopic (exact) mass is 643 g/mol. The number of aliphatic carboxylic acids is 1. The number of unbranched alkanes of at least 4 members (excludes halogenated alkanes) is 15. The minimum atomic E-state index is -0.798. The quantitative estimate of drug-likeness (QED) is 0.114. The van der Waals surface area contributed by atoms with Gasteiger partial charge in [0.05, 0.1) is 0 Å². The zero-order valence-corrected chi connectivity index (χ0v) is 30.7. The van der Waals surface area contributed by atoms with Crippen molar-refractivity contribution >= 4 is 5.97 Å². The van der Waals surface area contributed by atoms with Crippen LogP contribution in [-0.4, -0.2) is 33.0 Å². The summed E-state index contributed by atoms with van der Waals surface area (Å²) < 4.78 is 0. The number of hydrogen-bond donors (Lipinski definition) is 4. The Morgan fingerprint density at radius 3 is 1.26 bits per heavy atom. The predicted molar refractivity (Wildman–Crippen MR) is 196 cm³/mol. The van der Waals surface area contributed by atoms with Crippen molar-refractivity contribution in [3.63, 3.8) is 0 Å². The highest BCUT2D eigenvalue weighted by Gasteiger charge is 2.26. The molecule has 0 saturated carbocycles. The Bertz CT molecular complexity index is 966. The molecule has 0 aromatic heterocycles. The van der Waals surface area contributed by atoms with Gasteiger partial charge in [0, 0.05) is 13.0 Å². The van der Waals surface area contributed by atoms with Gasteiger partial charge in [-0.05, 0) is 52.5 Å². The third kappa shape index (κ3) is 22.9. The van der Waals surface area contributed by atoms with Crippen LogP contribution < -0.4 is 0 Å². The van der Waals surface area contributed by atoms with Gasteiger partial charge in [-0.2, -0.15) is 0 Å². The van der Waals surface area contributed by atoms with Crippen molar-refractivity contribution in [1.82, 2.24) is 0 Å². The smallest absolute Gasteiger partial charge is 0.303 e. The Morgan fingerprint density at radius 2 is 0.978 bits per heavy atom. The Hall–Kier alpha value is -2.53. The van der Waals surface area contributed by atoms with E-state index in [1.807, 2.05) is 18.2 Å². The summed E-state index contributed by atoms with van der Waals surface area (Å²) >= 11 is 0. The average Bonchev–Trinajstić information content (AvgIpc) is 2.98. The van der Waals surface area contributed by atoms with Crippen LogP contribution in [0.25, 0.3) is 0 Å². The fourth-order valence-corrected chi connectivity index (χ4v) is 5.32. The number of aliphatic hydroxyl groups is 1. The van der Waals surface area contributed by atoms with Crippen molar-refractivity contribution in [1.29, 1.82) is 0 Å². The van der Waals surface area contributed by atoms with Crippen LogP contribution in [0.4, 0.5) is 0 Å². The van der Waals surface area contributed by atoms with Gasteiger partial charge in [-0.3, -0.25) is 4.79 Å². The molecule has 0 heterocycles. The van der Waals surface area contributed by atoms with Gasteiger partial charge >= 0.3 is 5.97 Å². The maximum atomic E-state index is 10.8. The van der Waals surface area contributed by atoms with Crippen LogP contribution in [0.3, 0.4) is 0 Å². The molecule has 0 fully saturated rings. The summed E-state index contributed by atoms with van der Waals surface area (Å²) in [5, 5.41) is 36.7. The lowest BCUT2D eigenvalue weighted by Crippen LogP contribution is -2.18. The first-order chi connectivity index (χ1) is 21.7. The van der Waals surface area contributed by atoms with Gasteiger partial charge in [0.2, 0.25) is 0 Å². The molecule has 46 heavy (non-hydrogen) atoms. The third-order valence-electron chi connectivity index (χ3n) is 8.18. The Morgan fingerprint density at radius 1 is 0.609 bits per heavy atom. The average molecular weight is 643 g/mol. The van der Waals surface area contributed by atoms with Gasteiger partial charge in [-0.1, -0.05) is 175 Å². The topological polar surface area (TPSA) is 98.0 Å². The van der Waals surface area contributed by atoms with E-state index in [0.29, 0.717) is 24.5 Å². The van der Waals surface area contributed by atoms with E-state index < -0.39 is 5.97 Å². The lowest BCUT2D eigenvalue weighted by atomic mass is 9.78. The molecule has 0 unspecified atom stereocenters. The number of aryl methyl sites for hydroxylation is 1. The summed E-state index contributed by atoms with van der Waals surface area (Å²) in [7, 11) is 0. The molecule has 0 aliphatic carbocycles. The first kappa shape index (κ1) is 43.5. The van der Waals surface area contributed by atoms with E-state index >= 15 is 0 Å². The first-order valence-corrected chi connectivity index (χ1v) is 18.2. The van der Waals surface area contributed by atoms with E-state index in [1.54, 1.807) is 24.3 Å². The number of phenols is 2. The zero-order valence-electron chi connectivity index (χ0n) is 30.7. The maximum Gasteiger partial charge on any atom is 0.303 e. The number of hydrogen-bond acceptors (Lipinski definition) is 4. The molecule has 0 atom stereocenters. The minimum absolute atomic E-state index is 0.109. The predicted octanol–water partition coefficient (Wildman–Crippen LogP) is 11.6. The summed E-state index contributed by atoms with van der Waals surface area (Å²) in [5.74, 6) is -0.140. The van der Waals surface area contributed by atoms with Crippen molar-refractivity contribution in [2.45, 2.75) is 175 Å². The summed E-state index contributed by atoms with van der Waals surface area (Å²) in [6.07, 6.45) is 22.8. The van der Waals surface area contributed by atoms with Gasteiger partial charge in [-0.25, -0.2) is 0 Å². The zero-order chi connectivity index (χ0) is 34.8. The highest BCUT2D eigenvalue weighted by Crippen LogP contribution is 2.40. The van der Waals surface area contributed by atoms with E-state index in [2.05, 4.69) is 48.5 Å². The second-order valence-corrected chi connectivity index (χ2v) is 14.8. The molecule has 0 aliphatic heterocycles. The molecule has 5 nitrogen and oxygen atoms in total. The van der Waals surface area contributed by atoms with Gasteiger partial charge in [-0.15, -0.1) is 0 Å². The van der Waals surface area contributed by atoms with Crippen molar-refractivity contribution < 1.29 is 25.2 Å². The van der Waals surface area contributed by atoms with Crippen LogP contribution in [0, 0.1) is 0 Å². The number of carboxylic acids is 1. The SMILES string of the molecule is CC(C)(C)c1cc(CCC(=O)O)cc(C(C)(C)C)c1O.CCCCCCCCCCCCCCCCCCO.Oc1ccccc1. The van der Waals surface area contributed by atoms with Crippen molar-refractivity contribution in [2.75, 3.05) is 6.61 Å². The summed E-state index contributed by atoms with van der Waals surface area (Å²) in [5.41, 5.74) is 2.38. The van der Waals surface area contributed by atoms with Crippen molar-refractivity contribution in [3.8, 4) is 11.5 Å². The molecule has 0 spiro atoms. The summed E-state index contributed by atoms with van der Waals surface area (Å²) in [4.78, 5) is 10.8. The minimum Gasteiger partial charge on any atom is -0.508 e. The molecule has 264 valence electrons. The summed E-state index contributed by atoms with van der Waals surface area (Å²) in [6.45, 7) is 15.0. The van der Waals surface area contributed by atoms with Gasteiger partial charge in [0.15, 0.2) is 0 Å². The number of benzene rings is 2. The Kier molecular flexibility index (Phi) is 24.1. The van der Waals surface area contributed by atoms with Crippen LogP contribution in [0.2, 0.25) is 0 Å². The number of phenolic OH excluding ortho intramolecular Hbond substituents is 2. The molecular formula is C41H70O5.